The summed E-state index contributed by atoms with van der Waals surface area (Å²) in [6.07, 6.45) is 4.25. The van der Waals surface area contributed by atoms with E-state index in [1.807, 2.05) is 12.1 Å². The minimum absolute atomic E-state index is 0.142. The molecule has 0 unspecified atom stereocenters. The molecule has 17 heavy (non-hydrogen) atoms. The Morgan fingerprint density at radius 3 is 2.71 bits per heavy atom. The van der Waals surface area contributed by atoms with Gasteiger partial charge in [0, 0.05) is 11.6 Å². The molecular weight excluding hydrogens is 236 g/mol. The molecule has 1 saturated carbocycles. The van der Waals surface area contributed by atoms with E-state index in [0.717, 1.165) is 43.6 Å². The minimum atomic E-state index is -0.217. The second-order valence-electron chi connectivity index (χ2n) is 4.99. The van der Waals surface area contributed by atoms with Crippen molar-refractivity contribution < 1.29 is 4.79 Å². The number of benzene rings is 1. The first-order chi connectivity index (χ1) is 8.20. The van der Waals surface area contributed by atoms with Gasteiger partial charge in [-0.05, 0) is 31.0 Å². The second kappa shape index (κ2) is 3.91. The van der Waals surface area contributed by atoms with Crippen LogP contribution in [-0.4, -0.2) is 12.5 Å². The summed E-state index contributed by atoms with van der Waals surface area (Å²) in [5, 5.41) is 7.03. The van der Waals surface area contributed by atoms with E-state index in [1.54, 1.807) is 6.07 Å². The van der Waals surface area contributed by atoms with Crippen LogP contribution in [-0.2, 0) is 4.79 Å². The molecule has 1 aliphatic heterocycles. The topological polar surface area (TPSA) is 41.1 Å². The van der Waals surface area contributed by atoms with Crippen molar-refractivity contribution in [1.82, 2.24) is 0 Å². The molecule has 0 saturated heterocycles. The van der Waals surface area contributed by atoms with Crippen LogP contribution in [0, 0.1) is 5.41 Å². The fraction of sp³-hybridized carbons (Fsp3) is 0.462. The van der Waals surface area contributed by atoms with Gasteiger partial charge in [0.05, 0.1) is 16.8 Å². The van der Waals surface area contributed by atoms with Crippen LogP contribution >= 0.6 is 11.6 Å². The summed E-state index contributed by atoms with van der Waals surface area (Å²) >= 11 is 5.95. The predicted octanol–water partition coefficient (Wildman–Crippen LogP) is 3.26. The quantitative estimate of drug-likeness (QED) is 0.742. The summed E-state index contributed by atoms with van der Waals surface area (Å²) in [7, 11) is 0. The highest BCUT2D eigenvalue weighted by atomic mass is 35.5. The Hall–Kier alpha value is -1.22. The molecule has 4 heteroatoms. The normalized spacial score (nSPS) is 21.6. The first-order valence-electron chi connectivity index (χ1n) is 6.05. The Morgan fingerprint density at radius 1 is 1.18 bits per heavy atom. The predicted molar refractivity (Wildman–Crippen MR) is 69.5 cm³/mol. The van der Waals surface area contributed by atoms with E-state index in [0.29, 0.717) is 5.02 Å². The van der Waals surface area contributed by atoms with Gasteiger partial charge < -0.3 is 10.6 Å². The van der Waals surface area contributed by atoms with E-state index >= 15 is 0 Å². The molecule has 2 N–H and O–H groups in total. The number of hydrogen-bond acceptors (Lipinski definition) is 2. The van der Waals surface area contributed by atoms with Crippen LogP contribution in [0.15, 0.2) is 18.2 Å². The van der Waals surface area contributed by atoms with Crippen LogP contribution in [0.4, 0.5) is 11.4 Å². The number of nitrogens with one attached hydrogen (secondary N) is 2. The molecule has 0 bridgehead atoms. The number of rotatable bonds is 0. The van der Waals surface area contributed by atoms with E-state index in [2.05, 4.69) is 10.6 Å². The van der Waals surface area contributed by atoms with Crippen molar-refractivity contribution in [2.75, 3.05) is 17.2 Å². The van der Waals surface area contributed by atoms with Crippen LogP contribution in [0.2, 0.25) is 5.02 Å². The molecule has 3 nitrogen and oxygen atoms in total. The molecule has 1 aliphatic carbocycles. The number of fused-ring (bicyclic) bond motifs is 1. The first-order valence-corrected chi connectivity index (χ1v) is 6.42. The third kappa shape index (κ3) is 1.78. The smallest absolute Gasteiger partial charge is 0.232 e. The average molecular weight is 251 g/mol. The van der Waals surface area contributed by atoms with Crippen molar-refractivity contribution in [3.8, 4) is 0 Å². The third-order valence-corrected chi connectivity index (χ3v) is 4.12. The van der Waals surface area contributed by atoms with Crippen molar-refractivity contribution >= 4 is 28.9 Å². The standard InChI is InChI=1S/C13H15ClN2O/c14-9-3-4-10-11(7-9)16-12(17)13(8-15-10)5-1-2-6-13/h3-4,7,15H,1-2,5-6,8H2,(H,16,17). The van der Waals surface area contributed by atoms with Gasteiger partial charge in [0.1, 0.15) is 0 Å². The molecule has 3 rings (SSSR count). The fourth-order valence-corrected chi connectivity index (χ4v) is 3.00. The van der Waals surface area contributed by atoms with Crippen LogP contribution < -0.4 is 10.6 Å². The molecule has 1 amide bonds. The zero-order valence-corrected chi connectivity index (χ0v) is 10.3. The maximum Gasteiger partial charge on any atom is 0.232 e. The summed E-state index contributed by atoms with van der Waals surface area (Å²) in [5.41, 5.74) is 1.55. The lowest BCUT2D eigenvalue weighted by molar-refractivity contribution is -0.124. The average Bonchev–Trinajstić information content (AvgIpc) is 2.73. The zero-order chi connectivity index (χ0) is 11.9. The molecule has 0 atom stereocenters. The Kier molecular flexibility index (Phi) is 2.51. The summed E-state index contributed by atoms with van der Waals surface area (Å²) in [4.78, 5) is 12.3. The van der Waals surface area contributed by atoms with Crippen molar-refractivity contribution in [2.24, 2.45) is 5.41 Å². The van der Waals surface area contributed by atoms with Crippen molar-refractivity contribution in [1.29, 1.82) is 0 Å². The van der Waals surface area contributed by atoms with Crippen molar-refractivity contribution in [3.05, 3.63) is 23.2 Å². The number of halogens is 1. The van der Waals surface area contributed by atoms with Gasteiger partial charge >= 0.3 is 0 Å². The largest absolute Gasteiger partial charge is 0.382 e. The maximum atomic E-state index is 12.3. The van der Waals surface area contributed by atoms with Gasteiger partial charge in [-0.2, -0.15) is 0 Å². The van der Waals surface area contributed by atoms with Gasteiger partial charge in [-0.3, -0.25) is 4.79 Å². The highest BCUT2D eigenvalue weighted by Gasteiger charge is 2.42. The van der Waals surface area contributed by atoms with E-state index in [-0.39, 0.29) is 11.3 Å². The summed E-state index contributed by atoms with van der Waals surface area (Å²) < 4.78 is 0. The highest BCUT2D eigenvalue weighted by Crippen LogP contribution is 2.42. The van der Waals surface area contributed by atoms with Crippen LogP contribution in [0.5, 0.6) is 0 Å². The molecule has 0 radical (unpaired) electrons. The van der Waals surface area contributed by atoms with Crippen molar-refractivity contribution in [2.45, 2.75) is 25.7 Å². The monoisotopic (exact) mass is 250 g/mol. The second-order valence-corrected chi connectivity index (χ2v) is 5.42. The maximum absolute atomic E-state index is 12.3. The molecule has 90 valence electrons. The van der Waals surface area contributed by atoms with Gasteiger partial charge in [0.25, 0.3) is 0 Å². The highest BCUT2D eigenvalue weighted by molar-refractivity contribution is 6.31. The van der Waals surface area contributed by atoms with E-state index < -0.39 is 0 Å². The van der Waals surface area contributed by atoms with E-state index in [4.69, 9.17) is 11.6 Å². The zero-order valence-electron chi connectivity index (χ0n) is 9.55. The van der Waals surface area contributed by atoms with Gasteiger partial charge in [0.15, 0.2) is 0 Å². The Balaban J connectivity index is 1.96. The third-order valence-electron chi connectivity index (χ3n) is 3.89. The van der Waals surface area contributed by atoms with Crippen LogP contribution in [0.1, 0.15) is 25.7 Å². The number of anilines is 2. The number of carbonyl (C=O) groups excluding carboxylic acids is 1. The minimum Gasteiger partial charge on any atom is -0.382 e. The van der Waals surface area contributed by atoms with Gasteiger partial charge in [0.2, 0.25) is 5.91 Å². The van der Waals surface area contributed by atoms with Gasteiger partial charge in [-0.25, -0.2) is 0 Å². The molecule has 1 aromatic carbocycles. The number of amides is 1. The molecule has 0 aromatic heterocycles. The molecule has 1 fully saturated rings. The lowest BCUT2D eigenvalue weighted by Crippen LogP contribution is -2.37. The molecule has 1 heterocycles. The SMILES string of the molecule is O=C1Nc2cc(Cl)ccc2NCC12CCCC2. The molecular formula is C13H15ClN2O. The number of hydrogen-bond donors (Lipinski definition) is 2. The van der Waals surface area contributed by atoms with Crippen LogP contribution in [0.3, 0.4) is 0 Å². The molecule has 1 aromatic rings. The Bertz CT molecular complexity index is 466. The summed E-state index contributed by atoms with van der Waals surface area (Å²) in [5.74, 6) is 0.142. The Labute approximate surface area is 106 Å². The fourth-order valence-electron chi connectivity index (χ4n) is 2.83. The molecule has 1 spiro atoms. The van der Waals surface area contributed by atoms with Gasteiger partial charge in [-0.15, -0.1) is 0 Å². The van der Waals surface area contributed by atoms with Gasteiger partial charge in [-0.1, -0.05) is 24.4 Å². The first kappa shape index (κ1) is 10.9. The lowest BCUT2D eigenvalue weighted by Gasteiger charge is -2.24. The van der Waals surface area contributed by atoms with Crippen LogP contribution in [0.25, 0.3) is 0 Å². The number of carbonyl (C=O) groups is 1. The summed E-state index contributed by atoms with van der Waals surface area (Å²) in [6, 6.07) is 5.56. The molecule has 2 aliphatic rings. The van der Waals surface area contributed by atoms with Crippen molar-refractivity contribution in [3.63, 3.8) is 0 Å². The summed E-state index contributed by atoms with van der Waals surface area (Å²) in [6.45, 7) is 0.730. The Morgan fingerprint density at radius 2 is 1.94 bits per heavy atom. The van der Waals surface area contributed by atoms with E-state index in [1.165, 1.54) is 0 Å². The lowest BCUT2D eigenvalue weighted by atomic mass is 9.85. The van der Waals surface area contributed by atoms with E-state index in [9.17, 15) is 4.79 Å².